The van der Waals surface area contributed by atoms with Gasteiger partial charge in [-0.2, -0.15) is 0 Å². The van der Waals surface area contributed by atoms with E-state index in [0.717, 1.165) is 12.7 Å². The summed E-state index contributed by atoms with van der Waals surface area (Å²) >= 11 is 0. The van der Waals surface area contributed by atoms with Crippen molar-refractivity contribution in [3.8, 4) is 11.5 Å². The molecule has 0 fully saturated rings. The predicted octanol–water partition coefficient (Wildman–Crippen LogP) is 3.09. The lowest BCUT2D eigenvalue weighted by molar-refractivity contribution is -0.140. The minimum absolute atomic E-state index is 0.0313. The molecule has 11 heteroatoms. The van der Waals surface area contributed by atoms with Crippen LogP contribution in [-0.2, 0) is 26.2 Å². The van der Waals surface area contributed by atoms with Gasteiger partial charge in [0.15, 0.2) is 11.5 Å². The Hall–Kier alpha value is -3.34. The van der Waals surface area contributed by atoms with Gasteiger partial charge in [0.1, 0.15) is 25.1 Å². The van der Waals surface area contributed by atoms with Crippen LogP contribution in [0.15, 0.2) is 42.5 Å². The number of benzene rings is 2. The molecule has 1 N–H and O–H groups in total. The Morgan fingerprint density at radius 1 is 1.11 bits per heavy atom. The van der Waals surface area contributed by atoms with Crippen LogP contribution in [0.4, 0.5) is 10.1 Å². The summed E-state index contributed by atoms with van der Waals surface area (Å²) in [6.07, 6.45) is 1.99. The maximum atomic E-state index is 14.3. The average molecular weight is 536 g/mol. The van der Waals surface area contributed by atoms with Gasteiger partial charge in [0.2, 0.25) is 21.8 Å². The molecule has 9 nitrogen and oxygen atoms in total. The van der Waals surface area contributed by atoms with E-state index in [9.17, 15) is 22.4 Å². The summed E-state index contributed by atoms with van der Waals surface area (Å²) in [5.41, 5.74) is 0.690. The monoisotopic (exact) mass is 535 g/mol. The lowest BCUT2D eigenvalue weighted by Gasteiger charge is -2.29. The number of halogens is 1. The predicted molar refractivity (Wildman–Crippen MR) is 139 cm³/mol. The van der Waals surface area contributed by atoms with Crippen molar-refractivity contribution >= 4 is 27.5 Å². The van der Waals surface area contributed by atoms with Gasteiger partial charge in [-0.25, -0.2) is 12.8 Å². The van der Waals surface area contributed by atoms with Crippen LogP contribution in [0.1, 0.15) is 38.7 Å². The average Bonchev–Trinajstić information content (AvgIpc) is 2.87. The summed E-state index contributed by atoms with van der Waals surface area (Å²) in [5.74, 6) is -0.184. The number of fused-ring (bicyclic) bond motifs is 1. The number of hydrogen-bond acceptors (Lipinski definition) is 6. The van der Waals surface area contributed by atoms with E-state index in [2.05, 4.69) is 5.32 Å². The van der Waals surface area contributed by atoms with Gasteiger partial charge in [-0.1, -0.05) is 25.1 Å². The first-order valence-electron chi connectivity index (χ1n) is 12.3. The molecular formula is C26H34FN3O6S. The molecule has 0 radical (unpaired) electrons. The first-order valence-corrected chi connectivity index (χ1v) is 14.1. The smallest absolute Gasteiger partial charge is 0.242 e. The minimum atomic E-state index is -3.66. The van der Waals surface area contributed by atoms with Crippen molar-refractivity contribution in [2.45, 2.75) is 45.7 Å². The molecule has 0 aliphatic carbocycles. The summed E-state index contributed by atoms with van der Waals surface area (Å²) < 4.78 is 51.7. The highest BCUT2D eigenvalue weighted by molar-refractivity contribution is 7.92. The van der Waals surface area contributed by atoms with Crippen molar-refractivity contribution in [3.63, 3.8) is 0 Å². The quantitative estimate of drug-likeness (QED) is 0.448. The Labute approximate surface area is 217 Å². The van der Waals surface area contributed by atoms with Crippen molar-refractivity contribution in [3.05, 3.63) is 53.8 Å². The highest BCUT2D eigenvalue weighted by Crippen LogP contribution is 2.34. The number of hydrogen-bond donors (Lipinski definition) is 1. The Kier molecular flexibility index (Phi) is 9.73. The van der Waals surface area contributed by atoms with E-state index < -0.39 is 21.9 Å². The van der Waals surface area contributed by atoms with Crippen molar-refractivity contribution < 1.29 is 31.9 Å². The van der Waals surface area contributed by atoms with Gasteiger partial charge in [0.05, 0.1) is 11.9 Å². The number of nitrogens with one attached hydrogen (secondary N) is 1. The highest BCUT2D eigenvalue weighted by atomic mass is 32.2. The third-order valence-electron chi connectivity index (χ3n) is 5.98. The molecule has 1 aliphatic heterocycles. The maximum Gasteiger partial charge on any atom is 0.242 e. The first-order chi connectivity index (χ1) is 17.6. The number of carbonyl (C=O) groups excluding carboxylic acids is 2. The van der Waals surface area contributed by atoms with E-state index in [1.165, 1.54) is 15.3 Å². The van der Waals surface area contributed by atoms with Crippen LogP contribution < -0.4 is 19.1 Å². The molecule has 2 aromatic carbocycles. The summed E-state index contributed by atoms with van der Waals surface area (Å²) in [4.78, 5) is 27.2. The van der Waals surface area contributed by atoms with Gasteiger partial charge >= 0.3 is 0 Å². The number of sulfonamides is 1. The van der Waals surface area contributed by atoms with Crippen molar-refractivity contribution in [1.29, 1.82) is 0 Å². The topological polar surface area (TPSA) is 105 Å². The fourth-order valence-corrected chi connectivity index (χ4v) is 4.94. The van der Waals surface area contributed by atoms with Crippen LogP contribution in [0.5, 0.6) is 11.5 Å². The lowest BCUT2D eigenvalue weighted by Crippen LogP contribution is -2.48. The number of carbonyl (C=O) groups is 2. The zero-order chi connectivity index (χ0) is 27.0. The Bertz CT molecular complexity index is 1210. The van der Waals surface area contributed by atoms with Crippen LogP contribution in [-0.4, -0.2) is 63.7 Å². The number of ether oxygens (including phenoxy) is 2. The first kappa shape index (κ1) is 28.2. The number of rotatable bonds is 12. The van der Waals surface area contributed by atoms with Crippen LogP contribution in [0.25, 0.3) is 0 Å². The van der Waals surface area contributed by atoms with Gasteiger partial charge in [-0.15, -0.1) is 0 Å². The van der Waals surface area contributed by atoms with Gasteiger partial charge < -0.3 is 19.7 Å². The number of anilines is 1. The zero-order valence-corrected chi connectivity index (χ0v) is 22.2. The third kappa shape index (κ3) is 7.58. The molecule has 0 spiro atoms. The second-order valence-electron chi connectivity index (χ2n) is 8.85. The summed E-state index contributed by atoms with van der Waals surface area (Å²) in [6.45, 7) is 4.72. The van der Waals surface area contributed by atoms with E-state index in [1.54, 1.807) is 43.3 Å². The molecule has 37 heavy (non-hydrogen) atoms. The second-order valence-corrected chi connectivity index (χ2v) is 10.8. The lowest BCUT2D eigenvalue weighted by atomic mass is 10.1. The van der Waals surface area contributed by atoms with E-state index in [-0.39, 0.29) is 37.7 Å². The number of nitrogens with zero attached hydrogens (tertiary/aromatic N) is 2. The van der Waals surface area contributed by atoms with Crippen molar-refractivity contribution in [2.24, 2.45) is 0 Å². The Morgan fingerprint density at radius 2 is 1.81 bits per heavy atom. The van der Waals surface area contributed by atoms with Gasteiger partial charge in [0, 0.05) is 37.7 Å². The zero-order valence-electron chi connectivity index (χ0n) is 21.4. The van der Waals surface area contributed by atoms with Gasteiger partial charge in [-0.3, -0.25) is 13.9 Å². The van der Waals surface area contributed by atoms with E-state index >= 15 is 0 Å². The van der Waals surface area contributed by atoms with E-state index in [0.29, 0.717) is 42.5 Å². The number of amides is 2. The van der Waals surface area contributed by atoms with E-state index in [1.807, 2.05) is 6.92 Å². The molecule has 0 bridgehead atoms. The molecule has 2 aromatic rings. The SMILES string of the molecule is CCCNC(=O)[C@H](C)N(Cc1ccccc1F)C(=O)CCCN(c1ccc2c(c1)OCCO2)S(C)(=O)=O. The van der Waals surface area contributed by atoms with Crippen LogP contribution >= 0.6 is 0 Å². The summed E-state index contributed by atoms with van der Waals surface area (Å²) in [7, 11) is -3.66. The molecule has 0 unspecified atom stereocenters. The molecule has 3 rings (SSSR count). The summed E-state index contributed by atoms with van der Waals surface area (Å²) in [6, 6.07) is 10.1. The Morgan fingerprint density at radius 3 is 2.49 bits per heavy atom. The fourth-order valence-electron chi connectivity index (χ4n) is 3.98. The van der Waals surface area contributed by atoms with Crippen LogP contribution in [0.2, 0.25) is 0 Å². The second kappa shape index (κ2) is 12.8. The molecule has 0 aromatic heterocycles. The fraction of sp³-hybridized carbons (Fsp3) is 0.462. The van der Waals surface area contributed by atoms with Crippen molar-refractivity contribution in [2.75, 3.05) is 36.9 Å². The van der Waals surface area contributed by atoms with E-state index in [4.69, 9.17) is 9.47 Å². The Balaban J connectivity index is 1.73. The molecule has 1 atom stereocenters. The molecule has 202 valence electrons. The van der Waals surface area contributed by atoms with Crippen LogP contribution in [0, 0.1) is 5.82 Å². The molecule has 1 aliphatic rings. The normalized spacial score (nSPS) is 13.5. The standard InChI is InChI=1S/C26H34FN3O6S/c1-4-13-28-26(32)19(2)29(18-20-8-5-6-9-22(20)27)25(31)10-7-14-30(37(3,33)34)21-11-12-23-24(17-21)36-16-15-35-23/h5-6,8-9,11-12,17,19H,4,7,10,13-16,18H2,1-3H3,(H,28,32)/t19-/m0/s1. The molecule has 2 amide bonds. The third-order valence-corrected chi connectivity index (χ3v) is 7.18. The van der Waals surface area contributed by atoms with Crippen LogP contribution in [0.3, 0.4) is 0 Å². The van der Waals surface area contributed by atoms with Gasteiger partial charge in [0.25, 0.3) is 0 Å². The van der Waals surface area contributed by atoms with Crippen molar-refractivity contribution in [1.82, 2.24) is 10.2 Å². The molecule has 1 heterocycles. The molecule has 0 saturated carbocycles. The highest BCUT2D eigenvalue weighted by Gasteiger charge is 2.27. The molecule has 0 saturated heterocycles. The minimum Gasteiger partial charge on any atom is -0.486 e. The molecular weight excluding hydrogens is 501 g/mol. The summed E-state index contributed by atoms with van der Waals surface area (Å²) in [5, 5.41) is 2.77. The van der Waals surface area contributed by atoms with Gasteiger partial charge in [-0.05, 0) is 38.0 Å². The maximum absolute atomic E-state index is 14.3. The largest absolute Gasteiger partial charge is 0.486 e.